The summed E-state index contributed by atoms with van der Waals surface area (Å²) in [4.78, 5) is 7.91. The van der Waals surface area contributed by atoms with Crippen LogP contribution in [0.5, 0.6) is 11.5 Å². The first kappa shape index (κ1) is 22.8. The molecule has 4 saturated carbocycles. The van der Waals surface area contributed by atoms with Gasteiger partial charge < -0.3 is 10.2 Å². The van der Waals surface area contributed by atoms with Crippen molar-refractivity contribution in [3.05, 3.63) is 109 Å². The minimum Gasteiger partial charge on any atom is -0.508 e. The minimum atomic E-state index is 0.273. The van der Waals surface area contributed by atoms with Gasteiger partial charge in [0.2, 0.25) is 0 Å². The summed E-state index contributed by atoms with van der Waals surface area (Å²) >= 11 is 0. The van der Waals surface area contributed by atoms with E-state index in [-0.39, 0.29) is 10.8 Å². The maximum absolute atomic E-state index is 9.67. The van der Waals surface area contributed by atoms with Crippen LogP contribution in [0.4, 0.5) is 0 Å². The molecule has 4 aromatic rings. The van der Waals surface area contributed by atoms with Gasteiger partial charge in [0, 0.05) is 24.8 Å². The van der Waals surface area contributed by atoms with Crippen molar-refractivity contribution < 1.29 is 10.2 Å². The zero-order valence-electron chi connectivity index (χ0n) is 20.4. The molecule has 0 aliphatic heterocycles. The predicted molar refractivity (Wildman–Crippen MR) is 142 cm³/mol. The zero-order valence-corrected chi connectivity index (χ0v) is 20.4. The molecule has 4 aliphatic carbocycles. The molecule has 0 amide bonds. The lowest BCUT2D eigenvalue weighted by atomic mass is 9.42. The van der Waals surface area contributed by atoms with E-state index in [1.807, 2.05) is 48.5 Å². The van der Waals surface area contributed by atoms with E-state index in [1.165, 1.54) is 60.8 Å². The summed E-state index contributed by atoms with van der Waals surface area (Å²) in [7, 11) is 0. The van der Waals surface area contributed by atoms with Gasteiger partial charge in [-0.25, -0.2) is 0 Å². The van der Waals surface area contributed by atoms with E-state index >= 15 is 0 Å². The van der Waals surface area contributed by atoms with E-state index in [0.717, 1.165) is 11.8 Å². The molecule has 0 radical (unpaired) electrons. The zero-order chi connectivity index (χ0) is 24.6. The second-order valence-electron chi connectivity index (χ2n) is 11.1. The van der Waals surface area contributed by atoms with Gasteiger partial charge in [-0.2, -0.15) is 0 Å². The second kappa shape index (κ2) is 9.09. The van der Waals surface area contributed by atoms with Crippen LogP contribution in [0.15, 0.2) is 97.6 Å². The van der Waals surface area contributed by atoms with Crippen LogP contribution in [-0.2, 0) is 10.8 Å². The summed E-state index contributed by atoms with van der Waals surface area (Å²) in [5.74, 6) is 2.34. The molecule has 4 bridgehead atoms. The standard InChI is InChI=1S/C22H24O2.C10H8N2/c23-19-5-1-17(2-6-19)21-10-15-9-16(11-21)13-22(12-15,14-21)18-3-7-20(24)8-4-18;1-5-11-6-2-9(1)10-3-7-12-8-4-10/h1-8,15-16,23-24H,9-14H2;1-8H. The van der Waals surface area contributed by atoms with Crippen molar-refractivity contribution in [1.29, 1.82) is 0 Å². The molecular weight excluding hydrogens is 444 g/mol. The lowest BCUT2D eigenvalue weighted by molar-refractivity contribution is -0.0281. The number of aromatic nitrogens is 2. The van der Waals surface area contributed by atoms with Gasteiger partial charge in [0.05, 0.1) is 0 Å². The molecule has 2 aromatic carbocycles. The van der Waals surface area contributed by atoms with Crippen LogP contribution in [0.25, 0.3) is 11.1 Å². The lowest BCUT2D eigenvalue weighted by Gasteiger charge is -2.62. The smallest absolute Gasteiger partial charge is 0.115 e. The van der Waals surface area contributed by atoms with Crippen LogP contribution in [0.1, 0.15) is 49.7 Å². The number of hydrogen-bond donors (Lipinski definition) is 2. The molecule has 0 unspecified atom stereocenters. The fourth-order valence-corrected chi connectivity index (χ4v) is 7.66. The molecule has 36 heavy (non-hydrogen) atoms. The van der Waals surface area contributed by atoms with Crippen molar-refractivity contribution >= 4 is 0 Å². The third-order valence-corrected chi connectivity index (χ3v) is 8.71. The number of hydrogen-bond acceptors (Lipinski definition) is 4. The number of pyridine rings is 2. The van der Waals surface area contributed by atoms with Crippen molar-refractivity contribution in [2.24, 2.45) is 11.8 Å². The summed E-state index contributed by atoms with van der Waals surface area (Å²) in [5, 5.41) is 19.3. The van der Waals surface area contributed by atoms with E-state index in [1.54, 1.807) is 24.8 Å². The van der Waals surface area contributed by atoms with Crippen LogP contribution in [0.3, 0.4) is 0 Å². The van der Waals surface area contributed by atoms with Crippen molar-refractivity contribution in [3.63, 3.8) is 0 Å². The van der Waals surface area contributed by atoms with Gasteiger partial charge in [-0.05, 0) is 132 Å². The minimum absolute atomic E-state index is 0.273. The Labute approximate surface area is 212 Å². The van der Waals surface area contributed by atoms with Crippen LogP contribution in [-0.4, -0.2) is 20.2 Å². The van der Waals surface area contributed by atoms with Crippen LogP contribution >= 0.6 is 0 Å². The first-order valence-electron chi connectivity index (χ1n) is 12.9. The highest BCUT2D eigenvalue weighted by atomic mass is 16.3. The van der Waals surface area contributed by atoms with E-state index in [0.29, 0.717) is 11.5 Å². The number of phenolic OH excluding ortho intramolecular Hbond substituents is 2. The van der Waals surface area contributed by atoms with Crippen LogP contribution in [0.2, 0.25) is 0 Å². The van der Waals surface area contributed by atoms with Crippen molar-refractivity contribution in [2.45, 2.75) is 49.4 Å². The van der Waals surface area contributed by atoms with E-state index < -0.39 is 0 Å². The molecule has 4 fully saturated rings. The highest BCUT2D eigenvalue weighted by molar-refractivity contribution is 5.61. The van der Waals surface area contributed by atoms with Gasteiger partial charge in [0.1, 0.15) is 11.5 Å². The number of rotatable bonds is 3. The maximum Gasteiger partial charge on any atom is 0.115 e. The number of aromatic hydroxyl groups is 2. The molecule has 0 atom stereocenters. The van der Waals surface area contributed by atoms with Gasteiger partial charge in [-0.15, -0.1) is 0 Å². The number of nitrogens with zero attached hydrogens (tertiary/aromatic N) is 2. The highest BCUT2D eigenvalue weighted by Gasteiger charge is 2.58. The fourth-order valence-electron chi connectivity index (χ4n) is 7.66. The Morgan fingerprint density at radius 1 is 0.528 bits per heavy atom. The molecule has 8 rings (SSSR count). The molecule has 182 valence electrons. The summed E-state index contributed by atoms with van der Waals surface area (Å²) in [6.45, 7) is 0. The van der Waals surface area contributed by atoms with Crippen molar-refractivity contribution in [3.8, 4) is 22.6 Å². The fraction of sp³-hybridized carbons (Fsp3) is 0.312. The lowest BCUT2D eigenvalue weighted by Crippen LogP contribution is -2.55. The Morgan fingerprint density at radius 3 is 1.25 bits per heavy atom. The Bertz CT molecular complexity index is 1190. The van der Waals surface area contributed by atoms with Gasteiger partial charge in [0.25, 0.3) is 0 Å². The van der Waals surface area contributed by atoms with E-state index in [9.17, 15) is 10.2 Å². The largest absolute Gasteiger partial charge is 0.508 e. The summed E-state index contributed by atoms with van der Waals surface area (Å²) in [6.07, 6.45) is 14.9. The quantitative estimate of drug-likeness (QED) is 0.333. The van der Waals surface area contributed by atoms with E-state index in [4.69, 9.17) is 0 Å². The molecule has 2 aromatic heterocycles. The first-order chi connectivity index (χ1) is 17.5. The molecule has 2 heterocycles. The average molecular weight is 477 g/mol. The number of phenols is 2. The van der Waals surface area contributed by atoms with Crippen LogP contribution in [0, 0.1) is 11.8 Å². The van der Waals surface area contributed by atoms with Crippen molar-refractivity contribution in [2.75, 3.05) is 0 Å². The average Bonchev–Trinajstić information content (AvgIpc) is 2.90. The summed E-state index contributed by atoms with van der Waals surface area (Å²) < 4.78 is 0. The highest BCUT2D eigenvalue weighted by Crippen LogP contribution is 2.66. The second-order valence-corrected chi connectivity index (χ2v) is 11.1. The van der Waals surface area contributed by atoms with E-state index in [2.05, 4.69) is 34.2 Å². The molecular formula is C32H32N2O2. The van der Waals surface area contributed by atoms with Gasteiger partial charge in [-0.1, -0.05) is 24.3 Å². The third-order valence-electron chi connectivity index (χ3n) is 8.71. The van der Waals surface area contributed by atoms with Gasteiger partial charge in [0.15, 0.2) is 0 Å². The van der Waals surface area contributed by atoms with Crippen molar-refractivity contribution in [1.82, 2.24) is 9.97 Å². The molecule has 2 N–H and O–H groups in total. The van der Waals surface area contributed by atoms with Crippen LogP contribution < -0.4 is 0 Å². The Balaban J connectivity index is 0.000000168. The normalized spacial score (nSPS) is 27.8. The molecule has 0 saturated heterocycles. The topological polar surface area (TPSA) is 66.2 Å². The number of benzene rings is 2. The third kappa shape index (κ3) is 4.26. The monoisotopic (exact) mass is 476 g/mol. The first-order valence-corrected chi connectivity index (χ1v) is 12.9. The molecule has 4 aliphatic rings. The predicted octanol–water partition coefficient (Wildman–Crippen LogP) is 7.03. The maximum atomic E-state index is 9.67. The Hall–Kier alpha value is -3.66. The Kier molecular flexibility index (Phi) is 5.75. The van der Waals surface area contributed by atoms with Gasteiger partial charge >= 0.3 is 0 Å². The molecule has 4 nitrogen and oxygen atoms in total. The SMILES string of the molecule is Oc1ccc(C23CC4CC(C2)CC(c2ccc(O)cc2)(C4)C3)cc1.c1cc(-c2ccncc2)ccn1. The Morgan fingerprint density at radius 2 is 0.889 bits per heavy atom. The van der Waals surface area contributed by atoms with Gasteiger partial charge in [-0.3, -0.25) is 9.97 Å². The molecule has 0 spiro atoms. The molecule has 4 heteroatoms. The summed E-state index contributed by atoms with van der Waals surface area (Å²) in [6, 6.07) is 23.9. The summed E-state index contributed by atoms with van der Waals surface area (Å²) in [5.41, 5.74) is 5.72.